The van der Waals surface area contributed by atoms with Crippen LogP contribution in [0.3, 0.4) is 0 Å². The van der Waals surface area contributed by atoms with E-state index in [0.717, 1.165) is 50.6 Å². The molecule has 0 aliphatic carbocycles. The topological polar surface area (TPSA) is 84.7 Å². The first kappa shape index (κ1) is 23.3. The molecule has 2 aromatic rings. The van der Waals surface area contributed by atoms with E-state index in [1.54, 1.807) is 12.1 Å². The van der Waals surface area contributed by atoms with Crippen LogP contribution in [0.2, 0.25) is 0 Å². The zero-order valence-electron chi connectivity index (χ0n) is 19.8. The summed E-state index contributed by atoms with van der Waals surface area (Å²) in [5.41, 5.74) is 1.25. The molecule has 1 atom stereocenters. The summed E-state index contributed by atoms with van der Waals surface area (Å²) in [6.45, 7) is 6.70. The summed E-state index contributed by atoms with van der Waals surface area (Å²) in [6, 6.07) is 9.18. The third-order valence-corrected chi connectivity index (χ3v) is 6.70. The van der Waals surface area contributed by atoms with E-state index in [4.69, 9.17) is 9.26 Å². The van der Waals surface area contributed by atoms with Crippen LogP contribution in [0.4, 0.5) is 0 Å². The van der Waals surface area contributed by atoms with Gasteiger partial charge in [0.15, 0.2) is 0 Å². The molecular weight excluding hydrogens is 418 g/mol. The maximum absolute atomic E-state index is 13.2. The van der Waals surface area contributed by atoms with E-state index in [1.165, 1.54) is 0 Å². The van der Waals surface area contributed by atoms with E-state index in [9.17, 15) is 9.59 Å². The number of para-hydroxylation sites is 1. The van der Waals surface area contributed by atoms with Crippen molar-refractivity contribution in [2.75, 3.05) is 26.2 Å². The van der Waals surface area contributed by atoms with Gasteiger partial charge in [0, 0.05) is 31.1 Å². The highest BCUT2D eigenvalue weighted by Gasteiger charge is 2.38. The number of nitrogens with zero attached hydrogens (tertiary/aromatic N) is 2. The molecule has 1 saturated heterocycles. The average molecular weight is 454 g/mol. The molecule has 1 N–H and O–H groups in total. The van der Waals surface area contributed by atoms with E-state index in [-0.39, 0.29) is 17.2 Å². The Kier molecular flexibility index (Phi) is 7.36. The van der Waals surface area contributed by atoms with Crippen molar-refractivity contribution in [3.05, 3.63) is 47.3 Å². The Morgan fingerprint density at radius 3 is 2.85 bits per heavy atom. The van der Waals surface area contributed by atoms with Gasteiger partial charge in [0.25, 0.3) is 11.8 Å². The molecule has 7 nitrogen and oxygen atoms in total. The van der Waals surface area contributed by atoms with Gasteiger partial charge in [0.2, 0.25) is 5.76 Å². The molecule has 4 rings (SSSR count). The number of piperidine rings is 1. The molecule has 1 aromatic heterocycles. The van der Waals surface area contributed by atoms with Crippen LogP contribution in [0, 0.1) is 11.3 Å². The Morgan fingerprint density at radius 2 is 2.00 bits per heavy atom. The number of benzene rings is 1. The standard InChI is InChI=1S/C26H35N3O4/c1-19(2)15-20-16-23(33-28-20)25(31)29-13-8-12-26(18-29)11-6-3-7-14-32-22-10-5-4-9-21(22)24(30)27-17-26/h4-5,9-10,16,19H,3,6-8,11-15,17-18H2,1-2H3,(H,27,30). The number of ether oxygens (including phenoxy) is 1. The van der Waals surface area contributed by atoms with Gasteiger partial charge in [-0.2, -0.15) is 0 Å². The maximum atomic E-state index is 13.2. The van der Waals surface area contributed by atoms with E-state index in [2.05, 4.69) is 24.3 Å². The molecule has 1 fully saturated rings. The number of likely N-dealkylation sites (tertiary alicyclic amines) is 1. The van der Waals surface area contributed by atoms with Crippen molar-refractivity contribution in [3.63, 3.8) is 0 Å². The maximum Gasteiger partial charge on any atom is 0.292 e. The van der Waals surface area contributed by atoms with Gasteiger partial charge in [-0.05, 0) is 50.2 Å². The van der Waals surface area contributed by atoms with Gasteiger partial charge in [0.05, 0.1) is 17.9 Å². The van der Waals surface area contributed by atoms with Gasteiger partial charge >= 0.3 is 0 Å². The van der Waals surface area contributed by atoms with Crippen LogP contribution in [-0.2, 0) is 6.42 Å². The normalized spacial score (nSPS) is 22.2. The smallest absolute Gasteiger partial charge is 0.292 e. The van der Waals surface area contributed by atoms with Crippen molar-refractivity contribution < 1.29 is 18.8 Å². The minimum Gasteiger partial charge on any atom is -0.493 e. The van der Waals surface area contributed by atoms with Crippen LogP contribution in [0.1, 0.15) is 79.0 Å². The highest BCUT2D eigenvalue weighted by atomic mass is 16.5. The number of nitrogens with one attached hydrogen (secondary N) is 1. The summed E-state index contributed by atoms with van der Waals surface area (Å²) in [4.78, 5) is 28.1. The number of carbonyl (C=O) groups is 2. The molecule has 1 unspecified atom stereocenters. The van der Waals surface area contributed by atoms with Crippen LogP contribution in [0.15, 0.2) is 34.9 Å². The minimum absolute atomic E-state index is 0.104. The first-order chi connectivity index (χ1) is 16.0. The Bertz CT molecular complexity index is 970. The van der Waals surface area contributed by atoms with Crippen LogP contribution in [-0.4, -0.2) is 48.1 Å². The fraction of sp³-hybridized carbons (Fsp3) is 0.577. The Labute approximate surface area is 195 Å². The van der Waals surface area contributed by atoms with Crippen molar-refractivity contribution in [3.8, 4) is 5.75 Å². The van der Waals surface area contributed by atoms with Crippen molar-refractivity contribution in [2.45, 2.75) is 58.8 Å². The summed E-state index contributed by atoms with van der Waals surface area (Å²) in [6.07, 6.45) is 6.71. The zero-order chi connectivity index (χ0) is 23.3. The fourth-order valence-electron chi connectivity index (χ4n) is 5.00. The second kappa shape index (κ2) is 10.4. The molecule has 0 saturated carbocycles. The molecular formula is C26H35N3O4. The lowest BCUT2D eigenvalue weighted by atomic mass is 9.75. The fourth-order valence-corrected chi connectivity index (χ4v) is 5.00. The summed E-state index contributed by atoms with van der Waals surface area (Å²) < 4.78 is 11.3. The molecule has 0 bridgehead atoms. The highest BCUT2D eigenvalue weighted by Crippen LogP contribution is 2.36. The lowest BCUT2D eigenvalue weighted by Crippen LogP contribution is -2.51. The van der Waals surface area contributed by atoms with Gasteiger partial charge < -0.3 is 19.5 Å². The Morgan fingerprint density at radius 1 is 1.18 bits per heavy atom. The van der Waals surface area contributed by atoms with Crippen LogP contribution >= 0.6 is 0 Å². The predicted octanol–water partition coefficient (Wildman–Crippen LogP) is 4.48. The van der Waals surface area contributed by atoms with Crippen LogP contribution < -0.4 is 10.1 Å². The van der Waals surface area contributed by atoms with Gasteiger partial charge in [-0.3, -0.25) is 9.59 Å². The molecule has 0 radical (unpaired) electrons. The number of hydrogen-bond acceptors (Lipinski definition) is 5. The second-order valence-corrected chi connectivity index (χ2v) is 9.95. The van der Waals surface area contributed by atoms with Crippen molar-refractivity contribution in [1.82, 2.24) is 15.4 Å². The molecule has 1 spiro atoms. The van der Waals surface area contributed by atoms with Crippen molar-refractivity contribution in [1.29, 1.82) is 0 Å². The summed E-state index contributed by atoms with van der Waals surface area (Å²) in [7, 11) is 0. The molecule has 2 amide bonds. The monoisotopic (exact) mass is 453 g/mol. The lowest BCUT2D eigenvalue weighted by molar-refractivity contribution is 0.0435. The molecule has 3 heterocycles. The summed E-state index contributed by atoms with van der Waals surface area (Å²) in [5, 5.41) is 7.24. The molecule has 33 heavy (non-hydrogen) atoms. The highest BCUT2D eigenvalue weighted by molar-refractivity contribution is 5.97. The van der Waals surface area contributed by atoms with Crippen molar-refractivity contribution >= 4 is 11.8 Å². The SMILES string of the molecule is CC(C)Cc1cc(C(=O)N2CCCC3(CCCCCOc4ccccc4C(=O)NC3)C2)on1. The first-order valence-corrected chi connectivity index (χ1v) is 12.2. The predicted molar refractivity (Wildman–Crippen MR) is 125 cm³/mol. The lowest BCUT2D eigenvalue weighted by Gasteiger charge is -2.43. The number of aromatic nitrogens is 1. The number of carbonyl (C=O) groups excluding carboxylic acids is 2. The molecule has 2 aliphatic heterocycles. The minimum atomic E-state index is -0.140. The van der Waals surface area contributed by atoms with Crippen LogP contribution in [0.5, 0.6) is 5.75 Å². The third-order valence-electron chi connectivity index (χ3n) is 6.70. The third kappa shape index (κ3) is 5.75. The number of hydrogen-bond donors (Lipinski definition) is 1. The van der Waals surface area contributed by atoms with Crippen LogP contribution in [0.25, 0.3) is 0 Å². The van der Waals surface area contributed by atoms with Gasteiger partial charge in [-0.15, -0.1) is 0 Å². The molecule has 7 heteroatoms. The van der Waals surface area contributed by atoms with E-state index in [0.29, 0.717) is 49.2 Å². The first-order valence-electron chi connectivity index (χ1n) is 12.2. The molecule has 178 valence electrons. The van der Waals surface area contributed by atoms with E-state index >= 15 is 0 Å². The van der Waals surface area contributed by atoms with Crippen molar-refractivity contribution in [2.24, 2.45) is 11.3 Å². The van der Waals surface area contributed by atoms with Gasteiger partial charge in [0.1, 0.15) is 5.75 Å². The quantitative estimate of drug-likeness (QED) is 0.741. The van der Waals surface area contributed by atoms with Gasteiger partial charge in [-0.25, -0.2) is 0 Å². The number of rotatable bonds is 3. The second-order valence-electron chi connectivity index (χ2n) is 9.95. The number of fused-ring (bicyclic) bond motifs is 1. The van der Waals surface area contributed by atoms with E-state index < -0.39 is 0 Å². The Hall–Kier alpha value is -2.83. The summed E-state index contributed by atoms with van der Waals surface area (Å²) in [5.74, 6) is 1.17. The Balaban J connectivity index is 1.49. The zero-order valence-corrected chi connectivity index (χ0v) is 19.8. The molecule has 1 aromatic carbocycles. The molecule has 2 aliphatic rings. The van der Waals surface area contributed by atoms with E-state index in [1.807, 2.05) is 23.1 Å². The largest absolute Gasteiger partial charge is 0.493 e. The van der Waals surface area contributed by atoms with Gasteiger partial charge in [-0.1, -0.05) is 44.0 Å². The number of amides is 2. The average Bonchev–Trinajstić information content (AvgIpc) is 3.27. The summed E-state index contributed by atoms with van der Waals surface area (Å²) >= 11 is 0.